The van der Waals surface area contributed by atoms with Gasteiger partial charge in [-0.25, -0.2) is 4.98 Å². The standard InChI is InChI=1S/C27H21N3O3S2.CHCl3/c1-34-21-11-7-17(8-12-21)24-23(30(31)32)15-28-25(24)18-3-5-20(6-4-18)27-26(29-16-33-27)19-9-13-22(35-2)14-10-19;2-1(3)4/h3-16,28H,1-2H3;1H. The number of nitro groups is 1. The van der Waals surface area contributed by atoms with Gasteiger partial charge in [0.2, 0.25) is 0 Å². The maximum atomic E-state index is 11.7. The number of nitrogens with one attached hydrogen (secondary N) is 1. The van der Waals surface area contributed by atoms with E-state index in [1.54, 1.807) is 23.5 Å². The summed E-state index contributed by atoms with van der Waals surface area (Å²) in [6.45, 7) is 0. The highest BCUT2D eigenvalue weighted by molar-refractivity contribution is 7.98. The van der Waals surface area contributed by atoms with Gasteiger partial charge in [0.25, 0.3) is 5.69 Å². The molecule has 0 unspecified atom stereocenters. The van der Waals surface area contributed by atoms with Crippen molar-refractivity contribution in [2.75, 3.05) is 12.5 Å². The summed E-state index contributed by atoms with van der Waals surface area (Å²) in [6.07, 6.45) is 6.95. The maximum Gasteiger partial charge on any atom is 0.295 e. The highest BCUT2D eigenvalue weighted by Gasteiger charge is 2.23. The summed E-state index contributed by atoms with van der Waals surface area (Å²) in [4.78, 5) is 21.2. The van der Waals surface area contributed by atoms with Crippen molar-refractivity contribution < 1.29 is 9.34 Å². The second-order valence-electron chi connectivity index (χ2n) is 7.99. The Morgan fingerprint density at radius 2 is 1.31 bits per heavy atom. The van der Waals surface area contributed by atoms with Crippen LogP contribution in [0, 0.1) is 10.1 Å². The van der Waals surface area contributed by atoms with Gasteiger partial charge in [-0.2, -0.15) is 0 Å². The molecule has 2 heterocycles. The molecule has 0 bridgehead atoms. The van der Waals surface area contributed by atoms with Crippen molar-refractivity contribution in [1.82, 2.24) is 9.97 Å². The van der Waals surface area contributed by atoms with Crippen LogP contribution in [0.25, 0.3) is 45.0 Å². The van der Waals surface area contributed by atoms with Crippen molar-refractivity contribution >= 4 is 64.0 Å². The first-order valence-electron chi connectivity index (χ1n) is 11.4. The lowest BCUT2D eigenvalue weighted by molar-refractivity contribution is -0.384. The fraction of sp³-hybridized carbons (Fsp3) is 0.107. The van der Waals surface area contributed by atoms with Gasteiger partial charge in [-0.3, -0.25) is 10.1 Å². The molecule has 0 atom stereocenters. The minimum atomic E-state index is -0.750. The first-order valence-corrected chi connectivity index (χ1v) is 15.2. The van der Waals surface area contributed by atoms with Gasteiger partial charge in [-0.15, -0.1) is 23.5 Å². The summed E-state index contributed by atoms with van der Waals surface area (Å²) in [5.41, 5.74) is 5.59. The number of thioether (sulfide) groups is 2. The third-order valence-electron chi connectivity index (χ3n) is 5.80. The number of hydrogen-bond donors (Lipinski definition) is 1. The molecule has 1 N–H and O–H groups in total. The summed E-state index contributed by atoms with van der Waals surface area (Å²) >= 11 is 17.7. The van der Waals surface area contributed by atoms with Crippen molar-refractivity contribution in [2.24, 2.45) is 0 Å². The molecule has 6 nitrogen and oxygen atoms in total. The predicted molar refractivity (Wildman–Crippen MR) is 164 cm³/mol. The number of halogens is 3. The predicted octanol–water partition coefficient (Wildman–Crippen LogP) is 10.0. The molecule has 0 spiro atoms. The van der Waals surface area contributed by atoms with E-state index in [-0.39, 0.29) is 10.6 Å². The smallest absolute Gasteiger partial charge is 0.295 e. The first-order chi connectivity index (χ1) is 18.8. The van der Waals surface area contributed by atoms with Crippen LogP contribution in [-0.2, 0) is 0 Å². The number of oxazole rings is 1. The van der Waals surface area contributed by atoms with E-state index in [0.29, 0.717) is 17.0 Å². The fourth-order valence-electron chi connectivity index (χ4n) is 4.03. The topological polar surface area (TPSA) is 85.0 Å². The molecule has 0 saturated carbocycles. The van der Waals surface area contributed by atoms with Gasteiger partial charge in [0, 0.05) is 20.9 Å². The lowest BCUT2D eigenvalue weighted by Gasteiger charge is -2.07. The second kappa shape index (κ2) is 13.5. The SMILES string of the molecule is CSc1ccc(-c2ncoc2-c2ccc(-c3[nH]cc([N+](=O)[O-])c3-c3ccc(SC)cc3)cc2)cc1.ClC(Cl)Cl. The molecule has 0 amide bonds. The summed E-state index contributed by atoms with van der Waals surface area (Å²) in [5, 5.41) is 11.7. The zero-order valence-corrected chi connectivity index (χ0v) is 24.6. The van der Waals surface area contributed by atoms with Crippen molar-refractivity contribution in [2.45, 2.75) is 14.1 Å². The van der Waals surface area contributed by atoms with Gasteiger partial charge in [0.1, 0.15) is 5.69 Å². The van der Waals surface area contributed by atoms with Gasteiger partial charge in [-0.05, 0) is 47.9 Å². The van der Waals surface area contributed by atoms with Crippen LogP contribution in [0.3, 0.4) is 0 Å². The van der Waals surface area contributed by atoms with Crippen molar-refractivity contribution in [3.8, 4) is 45.0 Å². The van der Waals surface area contributed by atoms with Crippen LogP contribution in [-0.4, -0.2) is 31.7 Å². The molecule has 5 aromatic rings. The van der Waals surface area contributed by atoms with Crippen molar-refractivity contribution in [3.05, 3.63) is 95.5 Å². The van der Waals surface area contributed by atoms with Gasteiger partial charge in [0.05, 0.1) is 22.4 Å². The molecule has 39 heavy (non-hydrogen) atoms. The molecule has 11 heteroatoms. The van der Waals surface area contributed by atoms with E-state index in [1.807, 2.05) is 73.2 Å². The Balaban J connectivity index is 0.000000826. The number of benzene rings is 3. The second-order valence-corrected chi connectivity index (χ2v) is 11.7. The number of aromatic amines is 1. The third kappa shape index (κ3) is 7.01. The van der Waals surface area contributed by atoms with E-state index in [2.05, 4.69) is 22.1 Å². The summed E-state index contributed by atoms with van der Waals surface area (Å²) in [6, 6.07) is 23.8. The number of aromatic nitrogens is 2. The van der Waals surface area contributed by atoms with Crippen LogP contribution in [0.2, 0.25) is 0 Å². The number of hydrogen-bond acceptors (Lipinski definition) is 6. The van der Waals surface area contributed by atoms with Crippen LogP contribution in [0.5, 0.6) is 0 Å². The average molecular weight is 619 g/mol. The zero-order valence-electron chi connectivity index (χ0n) is 20.7. The Morgan fingerprint density at radius 3 is 1.82 bits per heavy atom. The molecule has 0 aliphatic carbocycles. The quantitative estimate of drug-likeness (QED) is 0.0845. The Hall–Kier alpha value is -2.88. The van der Waals surface area contributed by atoms with Gasteiger partial charge in [-0.1, -0.05) is 83.3 Å². The molecular formula is C28H22Cl3N3O3S2. The van der Waals surface area contributed by atoms with E-state index in [0.717, 1.165) is 32.8 Å². The lowest BCUT2D eigenvalue weighted by Crippen LogP contribution is -1.90. The van der Waals surface area contributed by atoms with E-state index in [9.17, 15) is 10.1 Å². The molecular weight excluding hydrogens is 597 g/mol. The first kappa shape index (κ1) is 29.1. The van der Waals surface area contributed by atoms with E-state index in [1.165, 1.54) is 17.5 Å². The largest absolute Gasteiger partial charge is 0.443 e. The van der Waals surface area contributed by atoms with Crippen LogP contribution in [0.4, 0.5) is 5.69 Å². The minimum absolute atomic E-state index is 0.0483. The van der Waals surface area contributed by atoms with Gasteiger partial charge in [0.15, 0.2) is 16.4 Å². The molecule has 3 aromatic carbocycles. The average Bonchev–Trinajstić information content (AvgIpc) is 3.61. The molecule has 2 aromatic heterocycles. The summed E-state index contributed by atoms with van der Waals surface area (Å²) in [7, 11) is 0. The van der Waals surface area contributed by atoms with Gasteiger partial charge >= 0.3 is 0 Å². The molecule has 5 rings (SSSR count). The highest BCUT2D eigenvalue weighted by atomic mass is 35.6. The molecule has 0 saturated heterocycles. The number of nitrogens with zero attached hydrogens (tertiary/aromatic N) is 2. The molecule has 0 radical (unpaired) electrons. The summed E-state index contributed by atoms with van der Waals surface area (Å²) in [5.74, 6) is 0.679. The Kier molecular flexibility index (Phi) is 10.0. The Morgan fingerprint density at radius 1 is 0.821 bits per heavy atom. The third-order valence-corrected chi connectivity index (χ3v) is 7.29. The summed E-state index contributed by atoms with van der Waals surface area (Å²) < 4.78 is 4.99. The lowest BCUT2D eigenvalue weighted by atomic mass is 9.98. The van der Waals surface area contributed by atoms with E-state index < -0.39 is 4.30 Å². The molecule has 0 aliphatic rings. The van der Waals surface area contributed by atoms with Crippen LogP contribution in [0.1, 0.15) is 0 Å². The van der Waals surface area contributed by atoms with Crippen LogP contribution in [0.15, 0.2) is 99.6 Å². The van der Waals surface area contributed by atoms with Crippen molar-refractivity contribution in [3.63, 3.8) is 0 Å². The molecule has 200 valence electrons. The zero-order chi connectivity index (χ0) is 27.9. The number of H-pyrrole nitrogens is 1. The van der Waals surface area contributed by atoms with Crippen molar-refractivity contribution in [1.29, 1.82) is 0 Å². The normalized spacial score (nSPS) is 10.8. The minimum Gasteiger partial charge on any atom is -0.443 e. The fourth-order valence-corrected chi connectivity index (χ4v) is 4.84. The monoisotopic (exact) mass is 617 g/mol. The van der Waals surface area contributed by atoms with Crippen LogP contribution < -0.4 is 0 Å². The highest BCUT2D eigenvalue weighted by Crippen LogP contribution is 2.40. The van der Waals surface area contributed by atoms with E-state index >= 15 is 0 Å². The molecule has 0 fully saturated rings. The maximum absolute atomic E-state index is 11.7. The Labute approximate surface area is 249 Å². The number of rotatable bonds is 7. The van der Waals surface area contributed by atoms with Gasteiger partial charge < -0.3 is 9.40 Å². The van der Waals surface area contributed by atoms with E-state index in [4.69, 9.17) is 39.2 Å². The Bertz CT molecular complexity index is 1530. The van der Waals surface area contributed by atoms with Crippen LogP contribution >= 0.6 is 58.3 Å². The molecule has 0 aliphatic heterocycles. The number of alkyl halides is 3.